The Morgan fingerprint density at radius 3 is 2.65 bits per heavy atom. The number of ether oxygens (including phenoxy) is 2. The maximum Gasteiger partial charge on any atom is 0.338 e. The van der Waals surface area contributed by atoms with Crippen molar-refractivity contribution in [1.82, 2.24) is 0 Å². The summed E-state index contributed by atoms with van der Waals surface area (Å²) in [6, 6.07) is 8.98. The minimum absolute atomic E-state index is 0.0470. The van der Waals surface area contributed by atoms with Gasteiger partial charge < -0.3 is 9.47 Å². The normalized spacial score (nSPS) is 12.1. The number of hydrogen-bond acceptors (Lipinski definition) is 3. The van der Waals surface area contributed by atoms with E-state index in [1.165, 1.54) is 0 Å². The summed E-state index contributed by atoms with van der Waals surface area (Å²) in [4.78, 5) is 11.6. The zero-order chi connectivity index (χ0) is 12.5. The highest BCUT2D eigenvalue weighted by atomic mass is 16.6. The molecule has 3 heteroatoms. The molecule has 1 aromatic rings. The Balaban J connectivity index is 2.24. The quantitative estimate of drug-likeness (QED) is 0.539. The van der Waals surface area contributed by atoms with E-state index in [1.807, 2.05) is 25.1 Å². The van der Waals surface area contributed by atoms with Gasteiger partial charge in [-0.1, -0.05) is 31.5 Å². The van der Waals surface area contributed by atoms with Gasteiger partial charge in [0.1, 0.15) is 6.61 Å². The van der Waals surface area contributed by atoms with Crippen molar-refractivity contribution in [2.45, 2.75) is 32.8 Å². The van der Waals surface area contributed by atoms with Crippen molar-refractivity contribution in [3.63, 3.8) is 0 Å². The molecule has 0 amide bonds. The molecule has 0 spiro atoms. The number of hydrogen-bond donors (Lipinski definition) is 0. The summed E-state index contributed by atoms with van der Waals surface area (Å²) >= 11 is 0. The molecule has 0 N–H and O–H groups in total. The smallest absolute Gasteiger partial charge is 0.338 e. The van der Waals surface area contributed by atoms with Crippen LogP contribution in [-0.2, 0) is 9.47 Å². The number of esters is 1. The maximum atomic E-state index is 11.6. The van der Waals surface area contributed by atoms with Crippen LogP contribution < -0.4 is 0 Å². The molecule has 3 nitrogen and oxygen atoms in total. The van der Waals surface area contributed by atoms with Crippen LogP contribution in [-0.4, -0.2) is 25.3 Å². The monoisotopic (exact) mass is 236 g/mol. The molecule has 0 aliphatic heterocycles. The summed E-state index contributed by atoms with van der Waals surface area (Å²) in [7, 11) is 0. The lowest BCUT2D eigenvalue weighted by Crippen LogP contribution is -2.19. The van der Waals surface area contributed by atoms with Crippen molar-refractivity contribution in [3.05, 3.63) is 35.9 Å². The molecular weight excluding hydrogens is 216 g/mol. The second-order valence-corrected chi connectivity index (χ2v) is 4.00. The molecule has 0 bridgehead atoms. The summed E-state index contributed by atoms with van der Waals surface area (Å²) < 4.78 is 10.6. The first-order valence-corrected chi connectivity index (χ1v) is 6.07. The molecule has 94 valence electrons. The molecule has 0 heterocycles. The van der Waals surface area contributed by atoms with E-state index >= 15 is 0 Å². The average molecular weight is 236 g/mol. The van der Waals surface area contributed by atoms with Gasteiger partial charge in [0, 0.05) is 6.61 Å². The first-order valence-electron chi connectivity index (χ1n) is 6.07. The lowest BCUT2D eigenvalue weighted by atomic mass is 10.2. The molecule has 0 saturated heterocycles. The molecule has 0 fully saturated rings. The highest BCUT2D eigenvalue weighted by molar-refractivity contribution is 5.89. The lowest BCUT2D eigenvalue weighted by Gasteiger charge is -2.13. The Bertz CT molecular complexity index is 321. The number of unbranched alkanes of at least 4 members (excludes halogenated alkanes) is 1. The van der Waals surface area contributed by atoms with E-state index in [-0.39, 0.29) is 12.1 Å². The van der Waals surface area contributed by atoms with Crippen LogP contribution in [0.1, 0.15) is 37.0 Å². The Morgan fingerprint density at radius 1 is 1.29 bits per heavy atom. The van der Waals surface area contributed by atoms with Crippen molar-refractivity contribution in [3.8, 4) is 0 Å². The molecular formula is C14H20O3. The van der Waals surface area contributed by atoms with Gasteiger partial charge in [-0.05, 0) is 25.5 Å². The molecule has 0 radical (unpaired) electrons. The van der Waals surface area contributed by atoms with E-state index in [2.05, 4.69) is 6.92 Å². The van der Waals surface area contributed by atoms with Gasteiger partial charge in [0.2, 0.25) is 0 Å². The summed E-state index contributed by atoms with van der Waals surface area (Å²) in [6.07, 6.45) is 2.10. The fourth-order valence-electron chi connectivity index (χ4n) is 1.33. The average Bonchev–Trinajstić information content (AvgIpc) is 2.37. The number of carbonyl (C=O) groups is 1. The van der Waals surface area contributed by atoms with Gasteiger partial charge >= 0.3 is 5.97 Å². The third-order valence-corrected chi connectivity index (χ3v) is 2.36. The van der Waals surface area contributed by atoms with Gasteiger partial charge in [-0.2, -0.15) is 0 Å². The summed E-state index contributed by atoms with van der Waals surface area (Å²) in [5.41, 5.74) is 0.577. The zero-order valence-electron chi connectivity index (χ0n) is 10.5. The van der Waals surface area contributed by atoms with Crippen molar-refractivity contribution in [1.29, 1.82) is 0 Å². The molecule has 1 unspecified atom stereocenters. The van der Waals surface area contributed by atoms with Crippen molar-refractivity contribution in [2.24, 2.45) is 0 Å². The fraction of sp³-hybridized carbons (Fsp3) is 0.500. The molecule has 0 aliphatic carbocycles. The summed E-state index contributed by atoms with van der Waals surface area (Å²) in [5, 5.41) is 0. The van der Waals surface area contributed by atoms with Crippen molar-refractivity contribution in [2.75, 3.05) is 13.2 Å². The number of rotatable bonds is 7. The van der Waals surface area contributed by atoms with Gasteiger partial charge in [0.05, 0.1) is 11.7 Å². The molecule has 0 saturated carbocycles. The topological polar surface area (TPSA) is 35.5 Å². The van der Waals surface area contributed by atoms with Crippen molar-refractivity contribution < 1.29 is 14.3 Å². The summed E-state index contributed by atoms with van der Waals surface area (Å²) in [6.45, 7) is 5.05. The second kappa shape index (κ2) is 7.85. The molecule has 17 heavy (non-hydrogen) atoms. The van der Waals surface area contributed by atoms with Crippen LogP contribution in [0.4, 0.5) is 0 Å². The van der Waals surface area contributed by atoms with Gasteiger partial charge in [0.25, 0.3) is 0 Å². The van der Waals surface area contributed by atoms with Crippen LogP contribution >= 0.6 is 0 Å². The van der Waals surface area contributed by atoms with E-state index in [0.29, 0.717) is 12.2 Å². The van der Waals surface area contributed by atoms with E-state index in [1.54, 1.807) is 12.1 Å². The van der Waals surface area contributed by atoms with E-state index in [0.717, 1.165) is 19.4 Å². The van der Waals surface area contributed by atoms with Crippen LogP contribution in [0.25, 0.3) is 0 Å². The highest BCUT2D eigenvalue weighted by Gasteiger charge is 2.09. The summed E-state index contributed by atoms with van der Waals surface area (Å²) in [5.74, 6) is -0.295. The first-order chi connectivity index (χ1) is 8.24. The lowest BCUT2D eigenvalue weighted by molar-refractivity contribution is -0.00109. The molecule has 0 aliphatic rings. The standard InChI is InChI=1S/C14H20O3/c1-3-4-10-16-12(2)11-17-14(15)13-8-6-5-7-9-13/h5-9,12H,3-4,10-11H2,1-2H3. The Morgan fingerprint density at radius 2 is 2.00 bits per heavy atom. The van der Waals surface area contributed by atoms with Gasteiger partial charge in [-0.25, -0.2) is 4.79 Å². The van der Waals surface area contributed by atoms with Crippen LogP contribution in [0.3, 0.4) is 0 Å². The van der Waals surface area contributed by atoms with Crippen LogP contribution in [0.15, 0.2) is 30.3 Å². The SMILES string of the molecule is CCCCOC(C)COC(=O)c1ccccc1. The highest BCUT2D eigenvalue weighted by Crippen LogP contribution is 2.03. The van der Waals surface area contributed by atoms with Crippen LogP contribution in [0.5, 0.6) is 0 Å². The Kier molecular flexibility index (Phi) is 6.33. The van der Waals surface area contributed by atoms with Crippen molar-refractivity contribution >= 4 is 5.97 Å². The maximum absolute atomic E-state index is 11.6. The molecule has 0 aromatic heterocycles. The first kappa shape index (κ1) is 13.7. The Labute approximate surface area is 103 Å². The largest absolute Gasteiger partial charge is 0.459 e. The third kappa shape index (κ3) is 5.50. The van der Waals surface area contributed by atoms with Gasteiger partial charge in [-0.3, -0.25) is 0 Å². The third-order valence-electron chi connectivity index (χ3n) is 2.36. The van der Waals surface area contributed by atoms with Gasteiger partial charge in [-0.15, -0.1) is 0 Å². The molecule has 1 atom stereocenters. The van der Waals surface area contributed by atoms with Crippen LogP contribution in [0, 0.1) is 0 Å². The van der Waals surface area contributed by atoms with Crippen LogP contribution in [0.2, 0.25) is 0 Å². The van der Waals surface area contributed by atoms with E-state index < -0.39 is 0 Å². The zero-order valence-corrected chi connectivity index (χ0v) is 10.5. The number of carbonyl (C=O) groups excluding carboxylic acids is 1. The Hall–Kier alpha value is -1.35. The van der Waals surface area contributed by atoms with E-state index in [4.69, 9.17) is 9.47 Å². The number of benzene rings is 1. The fourth-order valence-corrected chi connectivity index (χ4v) is 1.33. The molecule has 1 aromatic carbocycles. The second-order valence-electron chi connectivity index (χ2n) is 4.00. The minimum atomic E-state index is -0.295. The predicted molar refractivity (Wildman–Crippen MR) is 67.0 cm³/mol. The minimum Gasteiger partial charge on any atom is -0.459 e. The van der Waals surface area contributed by atoms with E-state index in [9.17, 15) is 4.79 Å². The van der Waals surface area contributed by atoms with Gasteiger partial charge in [0.15, 0.2) is 0 Å². The molecule has 1 rings (SSSR count). The predicted octanol–water partition coefficient (Wildman–Crippen LogP) is 3.05.